The fourth-order valence-electron chi connectivity index (χ4n) is 1.15. The summed E-state index contributed by atoms with van der Waals surface area (Å²) >= 11 is 0. The predicted molar refractivity (Wildman–Crippen MR) is 51.0 cm³/mol. The van der Waals surface area contributed by atoms with Gasteiger partial charge in [0.15, 0.2) is 0 Å². The summed E-state index contributed by atoms with van der Waals surface area (Å²) in [5.41, 5.74) is 2.41. The highest BCUT2D eigenvalue weighted by molar-refractivity contribution is 5.22. The topological polar surface area (TPSA) is 44.5 Å². The van der Waals surface area contributed by atoms with Crippen LogP contribution in [0.25, 0.3) is 0 Å². The van der Waals surface area contributed by atoms with Crippen molar-refractivity contribution in [3.05, 3.63) is 35.4 Å². The summed E-state index contributed by atoms with van der Waals surface area (Å²) in [5.74, 6) is 4.93. The minimum Gasteiger partial charge on any atom is -0.380 e. The fourth-order valence-corrected chi connectivity index (χ4v) is 1.15. The first-order chi connectivity index (χ1) is 6.36. The Kier molecular flexibility index (Phi) is 4.46. The number of ether oxygens (including phenoxy) is 1. The first-order valence-corrected chi connectivity index (χ1v) is 4.25. The highest BCUT2D eigenvalue weighted by Crippen LogP contribution is 2.05. The van der Waals surface area contributed by atoms with E-state index in [-0.39, 0.29) is 0 Å². The van der Waals surface area contributed by atoms with E-state index in [4.69, 9.17) is 10.6 Å². The highest BCUT2D eigenvalue weighted by atomic mass is 16.6. The molecule has 1 rings (SSSR count). The molecule has 0 fully saturated rings. The van der Waals surface area contributed by atoms with Crippen LogP contribution >= 0.6 is 0 Å². The van der Waals surface area contributed by atoms with Gasteiger partial charge in [-0.2, -0.15) is 0 Å². The van der Waals surface area contributed by atoms with Crippen molar-refractivity contribution in [1.82, 2.24) is 0 Å². The SMILES string of the molecule is COCc1ccc(CCON)cc1. The lowest BCUT2D eigenvalue weighted by Crippen LogP contribution is -2.03. The minimum atomic E-state index is 0.559. The van der Waals surface area contributed by atoms with Crippen LogP contribution < -0.4 is 5.90 Å². The van der Waals surface area contributed by atoms with E-state index in [1.54, 1.807) is 7.11 Å². The largest absolute Gasteiger partial charge is 0.380 e. The van der Waals surface area contributed by atoms with Crippen molar-refractivity contribution in [2.75, 3.05) is 13.7 Å². The van der Waals surface area contributed by atoms with Crippen LogP contribution in [-0.4, -0.2) is 13.7 Å². The van der Waals surface area contributed by atoms with E-state index in [2.05, 4.69) is 29.1 Å². The molecule has 3 nitrogen and oxygen atoms in total. The molecule has 0 aromatic heterocycles. The van der Waals surface area contributed by atoms with Crippen LogP contribution in [-0.2, 0) is 22.6 Å². The lowest BCUT2D eigenvalue weighted by Gasteiger charge is -2.02. The predicted octanol–water partition coefficient (Wildman–Crippen LogP) is 1.27. The molecule has 0 atom stereocenters. The molecule has 2 N–H and O–H groups in total. The van der Waals surface area contributed by atoms with Crippen LogP contribution in [0.4, 0.5) is 0 Å². The second kappa shape index (κ2) is 5.70. The van der Waals surface area contributed by atoms with Gasteiger partial charge in [-0.1, -0.05) is 24.3 Å². The molecule has 0 bridgehead atoms. The zero-order valence-corrected chi connectivity index (χ0v) is 7.82. The molecule has 0 aliphatic rings. The minimum absolute atomic E-state index is 0.559. The third-order valence-corrected chi connectivity index (χ3v) is 1.84. The van der Waals surface area contributed by atoms with Gasteiger partial charge in [0.05, 0.1) is 13.2 Å². The highest BCUT2D eigenvalue weighted by Gasteiger charge is 1.94. The molecule has 0 aliphatic carbocycles. The third kappa shape index (κ3) is 3.55. The summed E-state index contributed by atoms with van der Waals surface area (Å²) in [5, 5.41) is 0. The van der Waals surface area contributed by atoms with E-state index >= 15 is 0 Å². The Labute approximate surface area is 78.4 Å². The van der Waals surface area contributed by atoms with Gasteiger partial charge in [-0.15, -0.1) is 0 Å². The van der Waals surface area contributed by atoms with Gasteiger partial charge in [0.25, 0.3) is 0 Å². The first kappa shape index (κ1) is 10.2. The van der Waals surface area contributed by atoms with Crippen LogP contribution in [0.15, 0.2) is 24.3 Å². The molecular formula is C10H15NO2. The van der Waals surface area contributed by atoms with Crippen molar-refractivity contribution in [3.8, 4) is 0 Å². The molecule has 13 heavy (non-hydrogen) atoms. The second-order valence-corrected chi connectivity index (χ2v) is 2.87. The van der Waals surface area contributed by atoms with Crippen molar-refractivity contribution >= 4 is 0 Å². The Balaban J connectivity index is 2.48. The van der Waals surface area contributed by atoms with Gasteiger partial charge < -0.3 is 9.57 Å². The smallest absolute Gasteiger partial charge is 0.0719 e. The molecule has 3 heteroatoms. The Bertz CT molecular complexity index is 233. The summed E-state index contributed by atoms with van der Waals surface area (Å²) in [6.45, 7) is 1.22. The summed E-state index contributed by atoms with van der Waals surface area (Å²) in [7, 11) is 1.69. The zero-order chi connectivity index (χ0) is 9.52. The Morgan fingerprint density at radius 1 is 1.15 bits per heavy atom. The van der Waals surface area contributed by atoms with Crippen LogP contribution in [0.1, 0.15) is 11.1 Å². The molecule has 1 aromatic rings. The number of nitrogens with two attached hydrogens (primary N) is 1. The summed E-state index contributed by atoms with van der Waals surface area (Å²) in [6, 6.07) is 8.23. The van der Waals surface area contributed by atoms with Gasteiger partial charge in [0, 0.05) is 7.11 Å². The van der Waals surface area contributed by atoms with E-state index in [1.807, 2.05) is 0 Å². The number of benzene rings is 1. The molecule has 0 saturated heterocycles. The van der Waals surface area contributed by atoms with Gasteiger partial charge in [-0.05, 0) is 17.5 Å². The maximum Gasteiger partial charge on any atom is 0.0719 e. The average Bonchev–Trinajstić information content (AvgIpc) is 2.17. The lowest BCUT2D eigenvalue weighted by molar-refractivity contribution is 0.141. The van der Waals surface area contributed by atoms with Crippen LogP contribution in [0.5, 0.6) is 0 Å². The molecule has 0 saturated carbocycles. The van der Waals surface area contributed by atoms with Gasteiger partial charge >= 0.3 is 0 Å². The summed E-state index contributed by atoms with van der Waals surface area (Å²) in [4.78, 5) is 4.50. The molecule has 0 unspecified atom stereocenters. The number of methoxy groups -OCH3 is 1. The van der Waals surface area contributed by atoms with Crippen LogP contribution in [0, 0.1) is 0 Å². The number of hydrogen-bond acceptors (Lipinski definition) is 3. The van der Waals surface area contributed by atoms with Crippen molar-refractivity contribution in [3.63, 3.8) is 0 Å². The molecule has 0 heterocycles. The standard InChI is InChI=1S/C10H15NO2/c1-12-8-10-4-2-9(3-5-10)6-7-13-11/h2-5H,6-8,11H2,1H3. The molecule has 0 aliphatic heterocycles. The van der Waals surface area contributed by atoms with E-state index in [9.17, 15) is 0 Å². The van der Waals surface area contributed by atoms with E-state index in [0.717, 1.165) is 6.42 Å². The van der Waals surface area contributed by atoms with Crippen LogP contribution in [0.2, 0.25) is 0 Å². The van der Waals surface area contributed by atoms with Gasteiger partial charge in [0.2, 0.25) is 0 Å². The van der Waals surface area contributed by atoms with Crippen LogP contribution in [0.3, 0.4) is 0 Å². The van der Waals surface area contributed by atoms with E-state index in [1.165, 1.54) is 11.1 Å². The molecule has 0 spiro atoms. The van der Waals surface area contributed by atoms with Crippen molar-refractivity contribution < 1.29 is 9.57 Å². The molecule has 0 amide bonds. The van der Waals surface area contributed by atoms with Crippen molar-refractivity contribution in [2.45, 2.75) is 13.0 Å². The summed E-state index contributed by atoms with van der Waals surface area (Å²) < 4.78 is 5.00. The van der Waals surface area contributed by atoms with Crippen molar-refractivity contribution in [2.24, 2.45) is 5.90 Å². The fraction of sp³-hybridized carbons (Fsp3) is 0.400. The normalized spacial score (nSPS) is 10.3. The van der Waals surface area contributed by atoms with Gasteiger partial charge in [-0.3, -0.25) is 0 Å². The maximum absolute atomic E-state index is 5.00. The number of hydrogen-bond donors (Lipinski definition) is 1. The first-order valence-electron chi connectivity index (χ1n) is 4.25. The molecule has 0 radical (unpaired) electrons. The molecule has 72 valence electrons. The second-order valence-electron chi connectivity index (χ2n) is 2.87. The van der Waals surface area contributed by atoms with Gasteiger partial charge in [0.1, 0.15) is 0 Å². The Hall–Kier alpha value is -0.900. The molecule has 1 aromatic carbocycles. The quantitative estimate of drug-likeness (QED) is 0.696. The van der Waals surface area contributed by atoms with Crippen molar-refractivity contribution in [1.29, 1.82) is 0 Å². The Morgan fingerprint density at radius 3 is 2.31 bits per heavy atom. The Morgan fingerprint density at radius 2 is 1.77 bits per heavy atom. The summed E-state index contributed by atoms with van der Waals surface area (Å²) in [6.07, 6.45) is 0.851. The average molecular weight is 181 g/mol. The zero-order valence-electron chi connectivity index (χ0n) is 7.82. The van der Waals surface area contributed by atoms with E-state index < -0.39 is 0 Å². The van der Waals surface area contributed by atoms with Gasteiger partial charge in [-0.25, -0.2) is 5.90 Å². The third-order valence-electron chi connectivity index (χ3n) is 1.84. The monoisotopic (exact) mass is 181 g/mol. The van der Waals surface area contributed by atoms with E-state index in [0.29, 0.717) is 13.2 Å². The number of rotatable bonds is 5. The molecular weight excluding hydrogens is 166 g/mol. The maximum atomic E-state index is 5.00. The lowest BCUT2D eigenvalue weighted by atomic mass is 10.1.